The van der Waals surface area contributed by atoms with Crippen LogP contribution in [0.4, 0.5) is 11.4 Å². The number of anilines is 2. The monoisotopic (exact) mass is 364 g/mol. The highest BCUT2D eigenvalue weighted by Crippen LogP contribution is 2.29. The number of aryl methyl sites for hydroxylation is 1. The fourth-order valence-corrected chi connectivity index (χ4v) is 4.15. The number of ketones is 1. The van der Waals surface area contributed by atoms with Crippen molar-refractivity contribution in [2.75, 3.05) is 36.6 Å². The zero-order valence-electron chi connectivity index (χ0n) is 16.0. The third kappa shape index (κ3) is 3.35. The molecular formula is C22H26N3O2+. The molecule has 1 saturated heterocycles. The number of rotatable bonds is 5. The van der Waals surface area contributed by atoms with Crippen LogP contribution in [-0.2, 0) is 11.3 Å². The predicted molar refractivity (Wildman–Crippen MR) is 106 cm³/mol. The van der Waals surface area contributed by atoms with E-state index in [1.165, 1.54) is 29.0 Å². The van der Waals surface area contributed by atoms with E-state index >= 15 is 0 Å². The maximum absolute atomic E-state index is 12.5. The number of quaternary nitrogens is 1. The van der Waals surface area contributed by atoms with E-state index in [4.69, 9.17) is 0 Å². The Morgan fingerprint density at radius 3 is 2.52 bits per heavy atom. The molecule has 1 amide bonds. The fourth-order valence-electron chi connectivity index (χ4n) is 4.15. The number of fused-ring (bicyclic) bond motifs is 1. The van der Waals surface area contributed by atoms with E-state index in [0.29, 0.717) is 12.2 Å². The third-order valence-corrected chi connectivity index (χ3v) is 5.49. The maximum atomic E-state index is 12.5. The molecule has 2 aromatic carbocycles. The van der Waals surface area contributed by atoms with Crippen LogP contribution in [0.1, 0.15) is 34.3 Å². The Kier molecular flexibility index (Phi) is 4.70. The number of benzene rings is 2. The Hall–Kier alpha value is -2.66. The minimum atomic E-state index is -0.414. The SMILES string of the molecule is Cc1ccc2c(c1)C(=O)C(=O)N2C[NH+](C)Cc1ccccc1N1CCCC1. The molecule has 0 aromatic heterocycles. The lowest BCUT2D eigenvalue weighted by Crippen LogP contribution is -3.09. The summed E-state index contributed by atoms with van der Waals surface area (Å²) in [4.78, 5) is 30.1. The Bertz CT molecular complexity index is 887. The zero-order valence-corrected chi connectivity index (χ0v) is 16.0. The molecule has 2 heterocycles. The number of Topliss-reactive ketones (excluding diaryl/α,β-unsaturated/α-hetero) is 1. The Balaban J connectivity index is 1.52. The Labute approximate surface area is 160 Å². The van der Waals surface area contributed by atoms with Gasteiger partial charge in [-0.3, -0.25) is 14.5 Å². The first-order valence-electron chi connectivity index (χ1n) is 9.65. The van der Waals surface area contributed by atoms with Crippen molar-refractivity contribution < 1.29 is 14.5 Å². The number of carbonyl (C=O) groups excluding carboxylic acids is 2. The van der Waals surface area contributed by atoms with Crippen molar-refractivity contribution in [3.05, 3.63) is 59.2 Å². The molecule has 1 fully saturated rings. The van der Waals surface area contributed by atoms with Crippen LogP contribution in [0.2, 0.25) is 0 Å². The number of para-hydroxylation sites is 1. The highest BCUT2D eigenvalue weighted by molar-refractivity contribution is 6.52. The van der Waals surface area contributed by atoms with Gasteiger partial charge in [-0.15, -0.1) is 0 Å². The average molecular weight is 364 g/mol. The van der Waals surface area contributed by atoms with Gasteiger partial charge in [0.15, 0.2) is 6.67 Å². The van der Waals surface area contributed by atoms with Crippen molar-refractivity contribution in [1.29, 1.82) is 0 Å². The fraction of sp³-hybridized carbons (Fsp3) is 0.364. The number of nitrogens with one attached hydrogen (secondary N) is 1. The van der Waals surface area contributed by atoms with Gasteiger partial charge in [-0.1, -0.05) is 29.8 Å². The molecule has 0 radical (unpaired) electrons. The number of amides is 1. The topological polar surface area (TPSA) is 45.1 Å². The summed E-state index contributed by atoms with van der Waals surface area (Å²) in [5.41, 5.74) is 4.86. The first kappa shape index (κ1) is 17.7. The van der Waals surface area contributed by atoms with Crippen LogP contribution in [0.25, 0.3) is 0 Å². The molecule has 2 aliphatic rings. The average Bonchev–Trinajstić information content (AvgIpc) is 3.26. The Morgan fingerprint density at radius 2 is 1.74 bits per heavy atom. The zero-order chi connectivity index (χ0) is 19.0. The van der Waals surface area contributed by atoms with Crippen molar-refractivity contribution in [1.82, 2.24) is 0 Å². The second-order valence-corrected chi connectivity index (χ2v) is 7.70. The van der Waals surface area contributed by atoms with Crippen LogP contribution in [0.15, 0.2) is 42.5 Å². The quantitative estimate of drug-likeness (QED) is 0.823. The maximum Gasteiger partial charge on any atom is 0.303 e. The van der Waals surface area contributed by atoms with Crippen molar-refractivity contribution in [3.63, 3.8) is 0 Å². The molecule has 2 aromatic rings. The van der Waals surface area contributed by atoms with Crippen molar-refractivity contribution >= 4 is 23.1 Å². The summed E-state index contributed by atoms with van der Waals surface area (Å²) < 4.78 is 0. The molecule has 27 heavy (non-hydrogen) atoms. The molecule has 0 bridgehead atoms. The molecule has 4 rings (SSSR count). The van der Waals surface area contributed by atoms with Crippen LogP contribution in [0.3, 0.4) is 0 Å². The summed E-state index contributed by atoms with van der Waals surface area (Å²) in [7, 11) is 2.07. The molecule has 1 N–H and O–H groups in total. The molecule has 0 saturated carbocycles. The second-order valence-electron chi connectivity index (χ2n) is 7.70. The predicted octanol–water partition coefficient (Wildman–Crippen LogP) is 1.80. The van der Waals surface area contributed by atoms with Crippen molar-refractivity contribution in [3.8, 4) is 0 Å². The van der Waals surface area contributed by atoms with Gasteiger partial charge in [0.2, 0.25) is 0 Å². The van der Waals surface area contributed by atoms with E-state index in [2.05, 4.69) is 36.2 Å². The van der Waals surface area contributed by atoms with E-state index in [1.54, 1.807) is 4.90 Å². The lowest BCUT2D eigenvalue weighted by molar-refractivity contribution is -0.892. The van der Waals surface area contributed by atoms with Gasteiger partial charge in [0.05, 0.1) is 18.3 Å². The second kappa shape index (κ2) is 7.16. The first-order chi connectivity index (χ1) is 13.0. The summed E-state index contributed by atoms with van der Waals surface area (Å²) >= 11 is 0. The number of hydrogen-bond donors (Lipinski definition) is 1. The first-order valence-corrected chi connectivity index (χ1v) is 9.65. The van der Waals surface area contributed by atoms with Crippen molar-refractivity contribution in [2.45, 2.75) is 26.3 Å². The van der Waals surface area contributed by atoms with Crippen LogP contribution >= 0.6 is 0 Å². The summed E-state index contributed by atoms with van der Waals surface area (Å²) in [5, 5.41) is 0. The van der Waals surface area contributed by atoms with Gasteiger partial charge in [0.25, 0.3) is 5.78 Å². The summed E-state index contributed by atoms with van der Waals surface area (Å²) in [5.74, 6) is -0.804. The van der Waals surface area contributed by atoms with Crippen LogP contribution in [0, 0.1) is 6.92 Å². The lowest BCUT2D eigenvalue weighted by Gasteiger charge is -2.25. The van der Waals surface area contributed by atoms with Gasteiger partial charge in [0.1, 0.15) is 6.54 Å². The van der Waals surface area contributed by atoms with E-state index in [-0.39, 0.29) is 5.78 Å². The molecule has 0 aliphatic carbocycles. The lowest BCUT2D eigenvalue weighted by atomic mass is 10.1. The summed E-state index contributed by atoms with van der Waals surface area (Å²) in [6.45, 7) is 5.46. The standard InChI is InChI=1S/C22H25N3O2/c1-16-9-10-20-18(13-16)21(26)22(27)25(20)15-23(2)14-17-7-3-4-8-19(17)24-11-5-6-12-24/h3-4,7-10,13H,5-6,11-12,14-15H2,1-2H3/p+1. The molecule has 5 heteroatoms. The largest absolute Gasteiger partial charge is 0.371 e. The molecule has 1 unspecified atom stereocenters. The molecule has 2 aliphatic heterocycles. The van der Waals surface area contributed by atoms with Gasteiger partial charge < -0.3 is 9.80 Å². The number of carbonyl (C=O) groups is 2. The summed E-state index contributed by atoms with van der Waals surface area (Å²) in [6, 6.07) is 14.2. The van der Waals surface area contributed by atoms with Gasteiger partial charge in [0, 0.05) is 24.3 Å². The van der Waals surface area contributed by atoms with E-state index in [1.807, 2.05) is 25.1 Å². The van der Waals surface area contributed by atoms with Gasteiger partial charge in [-0.2, -0.15) is 0 Å². The van der Waals surface area contributed by atoms with E-state index < -0.39 is 5.91 Å². The number of nitrogens with zero attached hydrogens (tertiary/aromatic N) is 2. The van der Waals surface area contributed by atoms with Gasteiger partial charge in [-0.05, 0) is 38.0 Å². The van der Waals surface area contributed by atoms with Crippen LogP contribution in [-0.4, -0.2) is 38.5 Å². The molecule has 1 atom stereocenters. The molecule has 5 nitrogen and oxygen atoms in total. The highest BCUT2D eigenvalue weighted by atomic mass is 16.2. The van der Waals surface area contributed by atoms with Gasteiger partial charge >= 0.3 is 5.91 Å². The van der Waals surface area contributed by atoms with Gasteiger partial charge in [-0.25, -0.2) is 0 Å². The van der Waals surface area contributed by atoms with Crippen LogP contribution < -0.4 is 14.7 Å². The van der Waals surface area contributed by atoms with E-state index in [9.17, 15) is 9.59 Å². The highest BCUT2D eigenvalue weighted by Gasteiger charge is 2.37. The smallest absolute Gasteiger partial charge is 0.303 e. The summed E-state index contributed by atoms with van der Waals surface area (Å²) in [6.07, 6.45) is 2.50. The Morgan fingerprint density at radius 1 is 1.00 bits per heavy atom. The van der Waals surface area contributed by atoms with E-state index in [0.717, 1.165) is 30.9 Å². The minimum absolute atomic E-state index is 0.390. The molecule has 140 valence electrons. The third-order valence-electron chi connectivity index (χ3n) is 5.49. The molecule has 0 spiro atoms. The molecular weight excluding hydrogens is 338 g/mol. The van der Waals surface area contributed by atoms with Crippen LogP contribution in [0.5, 0.6) is 0 Å². The normalized spacial score (nSPS) is 17.6. The number of hydrogen-bond acceptors (Lipinski definition) is 3. The minimum Gasteiger partial charge on any atom is -0.371 e. The van der Waals surface area contributed by atoms with Crippen molar-refractivity contribution in [2.24, 2.45) is 0 Å².